The topological polar surface area (TPSA) is 59.6 Å². The van der Waals surface area contributed by atoms with Gasteiger partial charge in [0.1, 0.15) is 13.2 Å². The van der Waals surface area contributed by atoms with Gasteiger partial charge in [-0.25, -0.2) is 0 Å². The standard InChI is InChI=1S/C37H33IN2O3/c38-32-20-28(16-17-33(32)40-37(41)29-14-8-3-9-15-29)21-34-31-23-36(43-25-27-12-6-2-7-13-27)35(22-30(31)18-19-39-34)42-24-26-10-4-1-5-11-26/h1-17,20,22-23,34,39H,18-19,21,24-25H2,(H,40,41). The van der Waals surface area contributed by atoms with E-state index in [0.29, 0.717) is 18.8 Å². The summed E-state index contributed by atoms with van der Waals surface area (Å²) < 4.78 is 13.7. The van der Waals surface area contributed by atoms with Crippen LogP contribution in [0.2, 0.25) is 0 Å². The fourth-order valence-corrected chi connectivity index (χ4v) is 6.05. The van der Waals surface area contributed by atoms with Gasteiger partial charge >= 0.3 is 0 Å². The van der Waals surface area contributed by atoms with Crippen molar-refractivity contribution < 1.29 is 14.3 Å². The van der Waals surface area contributed by atoms with Crippen LogP contribution in [0.25, 0.3) is 0 Å². The first-order valence-corrected chi connectivity index (χ1v) is 15.6. The predicted molar refractivity (Wildman–Crippen MR) is 180 cm³/mol. The van der Waals surface area contributed by atoms with E-state index in [2.05, 4.69) is 81.8 Å². The van der Waals surface area contributed by atoms with E-state index in [0.717, 1.165) is 51.3 Å². The number of nitrogens with one attached hydrogen (secondary N) is 2. The molecule has 5 nitrogen and oxygen atoms in total. The Hall–Kier alpha value is -4.14. The number of halogens is 1. The van der Waals surface area contributed by atoms with E-state index in [1.54, 1.807) is 0 Å². The number of fused-ring (bicyclic) bond motifs is 1. The van der Waals surface area contributed by atoms with Gasteiger partial charge in [0.2, 0.25) is 0 Å². The Kier molecular flexibility index (Phi) is 9.35. The third-order valence-corrected chi connectivity index (χ3v) is 8.49. The number of carbonyl (C=O) groups is 1. The van der Waals surface area contributed by atoms with Gasteiger partial charge < -0.3 is 20.1 Å². The van der Waals surface area contributed by atoms with Gasteiger partial charge in [-0.1, -0.05) is 84.9 Å². The summed E-state index contributed by atoms with van der Waals surface area (Å²) in [7, 11) is 0. The third kappa shape index (κ3) is 7.45. The SMILES string of the molecule is O=C(Nc1ccc(CC2NCCc3cc(OCc4ccccc4)c(OCc4ccccc4)cc32)cc1I)c1ccccc1. The number of rotatable bonds is 10. The highest BCUT2D eigenvalue weighted by Gasteiger charge is 2.24. The number of carbonyl (C=O) groups excluding carboxylic acids is 1. The molecule has 0 aromatic heterocycles. The maximum atomic E-state index is 12.7. The van der Waals surface area contributed by atoms with Crippen LogP contribution in [0, 0.1) is 3.57 Å². The summed E-state index contributed by atoms with van der Waals surface area (Å²) in [4.78, 5) is 12.7. The van der Waals surface area contributed by atoms with Crippen molar-refractivity contribution in [1.82, 2.24) is 5.32 Å². The first kappa shape index (κ1) is 29.0. The molecule has 5 aromatic rings. The number of ether oxygens (including phenoxy) is 2. The zero-order chi connectivity index (χ0) is 29.4. The van der Waals surface area contributed by atoms with Crippen molar-refractivity contribution >= 4 is 34.2 Å². The summed E-state index contributed by atoms with van der Waals surface area (Å²) in [5, 5.41) is 6.77. The summed E-state index contributed by atoms with van der Waals surface area (Å²) in [5.74, 6) is 1.41. The van der Waals surface area contributed by atoms with E-state index >= 15 is 0 Å². The van der Waals surface area contributed by atoms with Crippen LogP contribution in [0.15, 0.2) is 121 Å². The molecular weight excluding hydrogens is 647 g/mol. The molecule has 1 aliphatic rings. The number of hydrogen-bond donors (Lipinski definition) is 2. The van der Waals surface area contributed by atoms with Gasteiger partial charge in [-0.05, 0) is 106 Å². The summed E-state index contributed by atoms with van der Waals surface area (Å²) in [5.41, 5.74) is 7.39. The summed E-state index contributed by atoms with van der Waals surface area (Å²) >= 11 is 2.30. The fourth-order valence-electron chi connectivity index (χ4n) is 5.33. The van der Waals surface area contributed by atoms with Crippen LogP contribution in [0.5, 0.6) is 11.5 Å². The average Bonchev–Trinajstić information content (AvgIpc) is 3.05. The summed E-state index contributed by atoms with van der Waals surface area (Å²) in [6.45, 7) is 1.84. The van der Waals surface area contributed by atoms with Crippen LogP contribution in [0.4, 0.5) is 5.69 Å². The monoisotopic (exact) mass is 680 g/mol. The van der Waals surface area contributed by atoms with Crippen molar-refractivity contribution in [2.45, 2.75) is 32.1 Å². The lowest BCUT2D eigenvalue weighted by atomic mass is 9.89. The minimum Gasteiger partial charge on any atom is -0.485 e. The van der Waals surface area contributed by atoms with E-state index in [1.807, 2.05) is 72.8 Å². The molecule has 6 rings (SSSR count). The molecule has 6 heteroatoms. The maximum Gasteiger partial charge on any atom is 0.255 e. The van der Waals surface area contributed by atoms with E-state index in [-0.39, 0.29) is 11.9 Å². The second kappa shape index (κ2) is 13.9. The fraction of sp³-hybridized carbons (Fsp3) is 0.162. The van der Waals surface area contributed by atoms with E-state index in [1.165, 1.54) is 16.7 Å². The Balaban J connectivity index is 1.22. The van der Waals surface area contributed by atoms with Crippen molar-refractivity contribution in [3.05, 3.63) is 158 Å². The molecule has 1 heterocycles. The smallest absolute Gasteiger partial charge is 0.255 e. The van der Waals surface area contributed by atoms with Gasteiger partial charge in [0.05, 0.1) is 5.69 Å². The number of amides is 1. The van der Waals surface area contributed by atoms with Crippen molar-refractivity contribution in [2.75, 3.05) is 11.9 Å². The number of anilines is 1. The van der Waals surface area contributed by atoms with Crippen molar-refractivity contribution in [1.29, 1.82) is 0 Å². The molecular formula is C37H33IN2O3. The highest BCUT2D eigenvalue weighted by Crippen LogP contribution is 2.38. The van der Waals surface area contributed by atoms with Crippen molar-refractivity contribution in [2.24, 2.45) is 0 Å². The van der Waals surface area contributed by atoms with E-state index in [9.17, 15) is 4.79 Å². The lowest BCUT2D eigenvalue weighted by Gasteiger charge is -2.29. The van der Waals surface area contributed by atoms with E-state index < -0.39 is 0 Å². The van der Waals surface area contributed by atoms with Crippen LogP contribution in [-0.2, 0) is 26.1 Å². The van der Waals surface area contributed by atoms with Crippen LogP contribution in [0.1, 0.15) is 44.2 Å². The summed E-state index contributed by atoms with van der Waals surface area (Å²) in [6.07, 6.45) is 1.74. The maximum absolute atomic E-state index is 12.7. The Morgan fingerprint density at radius 2 is 1.35 bits per heavy atom. The molecule has 1 aliphatic heterocycles. The van der Waals surface area contributed by atoms with Crippen LogP contribution in [-0.4, -0.2) is 12.5 Å². The Labute approximate surface area is 266 Å². The molecule has 2 N–H and O–H groups in total. The minimum absolute atomic E-state index is 0.109. The Bertz CT molecular complexity index is 1680. The lowest BCUT2D eigenvalue weighted by Crippen LogP contribution is -2.31. The second-order valence-corrected chi connectivity index (χ2v) is 11.8. The molecule has 0 saturated heterocycles. The molecule has 5 aromatic carbocycles. The first-order chi connectivity index (χ1) is 21.1. The highest BCUT2D eigenvalue weighted by molar-refractivity contribution is 14.1. The molecule has 0 fully saturated rings. The molecule has 43 heavy (non-hydrogen) atoms. The normalized spacial score (nSPS) is 14.0. The molecule has 1 unspecified atom stereocenters. The third-order valence-electron chi connectivity index (χ3n) is 7.60. The van der Waals surface area contributed by atoms with Crippen LogP contribution in [0.3, 0.4) is 0 Å². The van der Waals surface area contributed by atoms with Gasteiger partial charge in [-0.2, -0.15) is 0 Å². The van der Waals surface area contributed by atoms with Crippen LogP contribution < -0.4 is 20.1 Å². The summed E-state index contributed by atoms with van der Waals surface area (Å²) in [6, 6.07) is 40.4. The molecule has 0 aliphatic carbocycles. The van der Waals surface area contributed by atoms with Crippen LogP contribution >= 0.6 is 22.6 Å². The van der Waals surface area contributed by atoms with Gasteiger partial charge in [0, 0.05) is 15.2 Å². The molecule has 0 bridgehead atoms. The second-order valence-electron chi connectivity index (χ2n) is 10.6. The lowest BCUT2D eigenvalue weighted by molar-refractivity contribution is 0.102. The predicted octanol–water partition coefficient (Wildman–Crippen LogP) is 8.13. The molecule has 0 radical (unpaired) electrons. The zero-order valence-corrected chi connectivity index (χ0v) is 25.9. The van der Waals surface area contributed by atoms with Gasteiger partial charge in [-0.3, -0.25) is 4.79 Å². The first-order valence-electron chi connectivity index (χ1n) is 14.5. The number of benzene rings is 5. The van der Waals surface area contributed by atoms with E-state index in [4.69, 9.17) is 9.47 Å². The van der Waals surface area contributed by atoms with Gasteiger partial charge in [-0.15, -0.1) is 0 Å². The van der Waals surface area contributed by atoms with Crippen molar-refractivity contribution in [3.63, 3.8) is 0 Å². The molecule has 0 spiro atoms. The molecule has 0 saturated carbocycles. The molecule has 1 atom stereocenters. The Morgan fingerprint density at radius 3 is 1.98 bits per heavy atom. The molecule has 216 valence electrons. The highest BCUT2D eigenvalue weighted by atomic mass is 127. The number of hydrogen-bond acceptors (Lipinski definition) is 4. The van der Waals surface area contributed by atoms with Crippen molar-refractivity contribution in [3.8, 4) is 11.5 Å². The zero-order valence-electron chi connectivity index (χ0n) is 23.8. The quantitative estimate of drug-likeness (QED) is 0.146. The Morgan fingerprint density at radius 1 is 0.744 bits per heavy atom. The largest absolute Gasteiger partial charge is 0.485 e. The van der Waals surface area contributed by atoms with Gasteiger partial charge in [0.15, 0.2) is 11.5 Å². The molecule has 1 amide bonds. The average molecular weight is 681 g/mol. The minimum atomic E-state index is -0.109. The van der Waals surface area contributed by atoms with Gasteiger partial charge in [0.25, 0.3) is 5.91 Å².